The molecule has 0 aliphatic heterocycles. The Hall–Kier alpha value is -1.32. The minimum atomic E-state index is 0.514. The first kappa shape index (κ1) is 11.8. The third-order valence-corrected chi connectivity index (χ3v) is 3.62. The predicted octanol–water partition coefficient (Wildman–Crippen LogP) is 2.40. The second kappa shape index (κ2) is 5.12. The van der Waals surface area contributed by atoms with Gasteiger partial charge < -0.3 is 15.6 Å². The fourth-order valence-electron chi connectivity index (χ4n) is 2.29. The van der Waals surface area contributed by atoms with E-state index in [1.54, 1.807) is 0 Å². The van der Waals surface area contributed by atoms with Gasteiger partial charge in [0.2, 0.25) is 0 Å². The quantitative estimate of drug-likeness (QED) is 0.729. The Kier molecular flexibility index (Phi) is 3.35. The lowest BCUT2D eigenvalue weighted by Gasteiger charge is -2.15. The SMILES string of the molecule is CC(CNC1CC1)NCc1cccc2[nH]ccc12. The number of hydrogen-bond donors (Lipinski definition) is 3. The Labute approximate surface area is 108 Å². The lowest BCUT2D eigenvalue weighted by Crippen LogP contribution is -2.36. The number of aromatic amines is 1. The molecule has 1 aromatic heterocycles. The van der Waals surface area contributed by atoms with Gasteiger partial charge in [-0.2, -0.15) is 0 Å². The first-order valence-electron chi connectivity index (χ1n) is 6.84. The van der Waals surface area contributed by atoms with E-state index >= 15 is 0 Å². The largest absolute Gasteiger partial charge is 0.361 e. The maximum atomic E-state index is 3.59. The third-order valence-electron chi connectivity index (χ3n) is 3.62. The van der Waals surface area contributed by atoms with Gasteiger partial charge in [0.25, 0.3) is 0 Å². The fourth-order valence-corrected chi connectivity index (χ4v) is 2.29. The molecule has 1 aliphatic carbocycles. The van der Waals surface area contributed by atoms with Gasteiger partial charge in [-0.3, -0.25) is 0 Å². The minimum Gasteiger partial charge on any atom is -0.361 e. The van der Waals surface area contributed by atoms with E-state index in [0.717, 1.165) is 19.1 Å². The van der Waals surface area contributed by atoms with Crippen molar-refractivity contribution in [2.75, 3.05) is 6.54 Å². The van der Waals surface area contributed by atoms with Crippen molar-refractivity contribution < 1.29 is 0 Å². The Balaban J connectivity index is 1.56. The summed E-state index contributed by atoms with van der Waals surface area (Å²) >= 11 is 0. The summed E-state index contributed by atoms with van der Waals surface area (Å²) in [7, 11) is 0. The maximum absolute atomic E-state index is 3.59. The van der Waals surface area contributed by atoms with Gasteiger partial charge in [-0.25, -0.2) is 0 Å². The van der Waals surface area contributed by atoms with Crippen molar-refractivity contribution in [1.82, 2.24) is 15.6 Å². The van der Waals surface area contributed by atoms with Crippen molar-refractivity contribution in [2.24, 2.45) is 0 Å². The van der Waals surface area contributed by atoms with Gasteiger partial charge in [-0.1, -0.05) is 12.1 Å². The highest BCUT2D eigenvalue weighted by Crippen LogP contribution is 2.19. The zero-order valence-corrected chi connectivity index (χ0v) is 10.9. The van der Waals surface area contributed by atoms with Gasteiger partial charge in [0, 0.05) is 42.3 Å². The van der Waals surface area contributed by atoms with Crippen LogP contribution >= 0.6 is 0 Å². The molecule has 2 aromatic rings. The molecule has 96 valence electrons. The first-order chi connectivity index (χ1) is 8.83. The highest BCUT2D eigenvalue weighted by molar-refractivity contribution is 5.82. The van der Waals surface area contributed by atoms with Crippen molar-refractivity contribution in [3.8, 4) is 0 Å². The predicted molar refractivity (Wildman–Crippen MR) is 75.6 cm³/mol. The molecule has 18 heavy (non-hydrogen) atoms. The molecule has 3 heteroatoms. The molecule has 1 heterocycles. The van der Waals surface area contributed by atoms with Gasteiger partial charge >= 0.3 is 0 Å². The average molecular weight is 243 g/mol. The molecule has 0 saturated heterocycles. The number of hydrogen-bond acceptors (Lipinski definition) is 2. The number of aromatic nitrogens is 1. The molecule has 1 aliphatic rings. The van der Waals surface area contributed by atoms with Crippen LogP contribution in [0.2, 0.25) is 0 Å². The molecule has 0 spiro atoms. The molecule has 0 radical (unpaired) electrons. The molecule has 1 fully saturated rings. The molecule has 3 N–H and O–H groups in total. The summed E-state index contributed by atoms with van der Waals surface area (Å²) in [5.41, 5.74) is 2.59. The molecule has 0 bridgehead atoms. The molecule has 1 unspecified atom stereocenters. The van der Waals surface area contributed by atoms with Crippen molar-refractivity contribution >= 4 is 10.9 Å². The summed E-state index contributed by atoms with van der Waals surface area (Å²) in [6, 6.07) is 9.89. The van der Waals surface area contributed by atoms with Gasteiger partial charge in [-0.05, 0) is 37.5 Å². The molecular weight excluding hydrogens is 222 g/mol. The highest BCUT2D eigenvalue weighted by Gasteiger charge is 2.20. The zero-order valence-electron chi connectivity index (χ0n) is 10.9. The van der Waals surface area contributed by atoms with Crippen LogP contribution in [0.25, 0.3) is 10.9 Å². The number of benzene rings is 1. The molecule has 3 nitrogen and oxygen atoms in total. The maximum Gasteiger partial charge on any atom is 0.0457 e. The third kappa shape index (κ3) is 2.74. The van der Waals surface area contributed by atoms with E-state index in [4.69, 9.17) is 0 Å². The van der Waals surface area contributed by atoms with Crippen LogP contribution in [0.5, 0.6) is 0 Å². The Morgan fingerprint density at radius 2 is 2.22 bits per heavy atom. The smallest absolute Gasteiger partial charge is 0.0457 e. The summed E-state index contributed by atoms with van der Waals surface area (Å²) in [6.07, 6.45) is 4.72. The monoisotopic (exact) mass is 243 g/mol. The number of fused-ring (bicyclic) bond motifs is 1. The van der Waals surface area contributed by atoms with Crippen LogP contribution in [-0.4, -0.2) is 23.6 Å². The van der Waals surface area contributed by atoms with E-state index < -0.39 is 0 Å². The van der Waals surface area contributed by atoms with Crippen molar-refractivity contribution in [3.63, 3.8) is 0 Å². The molecule has 3 rings (SSSR count). The lowest BCUT2D eigenvalue weighted by molar-refractivity contribution is 0.501. The lowest BCUT2D eigenvalue weighted by atomic mass is 10.1. The van der Waals surface area contributed by atoms with Crippen LogP contribution in [0.4, 0.5) is 0 Å². The number of H-pyrrole nitrogens is 1. The zero-order chi connectivity index (χ0) is 12.4. The van der Waals surface area contributed by atoms with Gasteiger partial charge in [0.1, 0.15) is 0 Å². The average Bonchev–Trinajstić information content (AvgIpc) is 3.09. The Morgan fingerprint density at radius 3 is 3.06 bits per heavy atom. The normalized spacial score (nSPS) is 17.2. The van der Waals surface area contributed by atoms with Crippen LogP contribution in [0.15, 0.2) is 30.5 Å². The summed E-state index contributed by atoms with van der Waals surface area (Å²) < 4.78 is 0. The van der Waals surface area contributed by atoms with E-state index in [0.29, 0.717) is 6.04 Å². The Bertz CT molecular complexity index is 513. The van der Waals surface area contributed by atoms with E-state index in [-0.39, 0.29) is 0 Å². The van der Waals surface area contributed by atoms with Crippen LogP contribution in [0, 0.1) is 0 Å². The number of rotatable bonds is 6. The summed E-state index contributed by atoms with van der Waals surface area (Å²) in [5.74, 6) is 0. The van der Waals surface area contributed by atoms with Crippen LogP contribution < -0.4 is 10.6 Å². The van der Waals surface area contributed by atoms with Gasteiger partial charge in [0.15, 0.2) is 0 Å². The molecule has 0 amide bonds. The standard InChI is InChI=1S/C15H21N3/c1-11(9-18-13-5-6-13)17-10-12-3-2-4-15-14(12)7-8-16-15/h2-4,7-8,11,13,16-18H,5-6,9-10H2,1H3. The second-order valence-corrected chi connectivity index (χ2v) is 5.32. The van der Waals surface area contributed by atoms with E-state index in [1.165, 1.54) is 29.3 Å². The number of nitrogens with one attached hydrogen (secondary N) is 3. The van der Waals surface area contributed by atoms with Crippen molar-refractivity contribution in [1.29, 1.82) is 0 Å². The highest BCUT2D eigenvalue weighted by atomic mass is 15.0. The fraction of sp³-hybridized carbons (Fsp3) is 0.467. The second-order valence-electron chi connectivity index (χ2n) is 5.32. The minimum absolute atomic E-state index is 0.514. The molecule has 1 aromatic carbocycles. The van der Waals surface area contributed by atoms with E-state index in [1.807, 2.05) is 6.20 Å². The van der Waals surface area contributed by atoms with Crippen molar-refractivity contribution in [3.05, 3.63) is 36.0 Å². The van der Waals surface area contributed by atoms with E-state index in [2.05, 4.69) is 46.8 Å². The molecule has 1 atom stereocenters. The van der Waals surface area contributed by atoms with Crippen LogP contribution in [-0.2, 0) is 6.54 Å². The van der Waals surface area contributed by atoms with E-state index in [9.17, 15) is 0 Å². The van der Waals surface area contributed by atoms with Gasteiger partial charge in [0.05, 0.1) is 0 Å². The molecular formula is C15H21N3. The van der Waals surface area contributed by atoms with Crippen LogP contribution in [0.1, 0.15) is 25.3 Å². The first-order valence-corrected chi connectivity index (χ1v) is 6.84. The van der Waals surface area contributed by atoms with Crippen molar-refractivity contribution in [2.45, 2.75) is 38.4 Å². The summed E-state index contributed by atoms with van der Waals surface area (Å²) in [6.45, 7) is 4.24. The topological polar surface area (TPSA) is 39.8 Å². The van der Waals surface area contributed by atoms with Gasteiger partial charge in [-0.15, -0.1) is 0 Å². The molecule has 1 saturated carbocycles. The Morgan fingerprint density at radius 1 is 1.33 bits per heavy atom. The summed E-state index contributed by atoms with van der Waals surface area (Å²) in [4.78, 5) is 3.26. The van der Waals surface area contributed by atoms with Crippen LogP contribution in [0.3, 0.4) is 0 Å². The summed E-state index contributed by atoms with van der Waals surface area (Å²) in [5, 5.41) is 8.47.